The smallest absolute Gasteiger partial charge is 0.339 e. The highest BCUT2D eigenvalue weighted by molar-refractivity contribution is 5.97. The van der Waals surface area contributed by atoms with Gasteiger partial charge in [0, 0.05) is 18.2 Å². The highest BCUT2D eigenvalue weighted by Crippen LogP contribution is 2.29. The van der Waals surface area contributed by atoms with Gasteiger partial charge in [0.15, 0.2) is 6.10 Å². The van der Waals surface area contributed by atoms with Gasteiger partial charge < -0.3 is 14.8 Å². The maximum atomic E-state index is 12.5. The lowest BCUT2D eigenvalue weighted by atomic mass is 9.78. The van der Waals surface area contributed by atoms with Crippen molar-refractivity contribution in [1.82, 2.24) is 5.32 Å². The Labute approximate surface area is 168 Å². The van der Waals surface area contributed by atoms with Gasteiger partial charge in [0.25, 0.3) is 11.6 Å². The lowest BCUT2D eigenvalue weighted by molar-refractivity contribution is -0.384. The molecule has 1 aromatic rings. The number of hydrogen-bond acceptors (Lipinski definition) is 7. The molecule has 0 unspecified atom stereocenters. The van der Waals surface area contributed by atoms with Crippen LogP contribution in [0.15, 0.2) is 18.2 Å². The van der Waals surface area contributed by atoms with E-state index >= 15 is 0 Å². The summed E-state index contributed by atoms with van der Waals surface area (Å²) in [4.78, 5) is 47.0. The summed E-state index contributed by atoms with van der Waals surface area (Å²) in [7, 11) is 1.12. The van der Waals surface area contributed by atoms with Gasteiger partial charge in [-0.05, 0) is 31.2 Å². The minimum Gasteiger partial charge on any atom is -0.465 e. The van der Waals surface area contributed by atoms with E-state index in [4.69, 9.17) is 4.74 Å². The van der Waals surface area contributed by atoms with Crippen LogP contribution in [0.5, 0.6) is 0 Å². The first kappa shape index (κ1) is 22.3. The molecule has 1 N–H and O–H groups in total. The van der Waals surface area contributed by atoms with Crippen LogP contribution in [0.3, 0.4) is 0 Å². The van der Waals surface area contributed by atoms with Gasteiger partial charge in [-0.2, -0.15) is 0 Å². The van der Waals surface area contributed by atoms with Gasteiger partial charge in [0.1, 0.15) is 0 Å². The molecular weight excluding hydrogens is 380 g/mol. The molecule has 9 nitrogen and oxygen atoms in total. The predicted octanol–water partition coefficient (Wildman–Crippen LogP) is 2.87. The van der Waals surface area contributed by atoms with Crippen molar-refractivity contribution < 1.29 is 28.8 Å². The van der Waals surface area contributed by atoms with Crippen LogP contribution in [0, 0.1) is 22.0 Å². The Kier molecular flexibility index (Phi) is 7.30. The Morgan fingerprint density at radius 2 is 1.76 bits per heavy atom. The number of nitrogens with one attached hydrogen (secondary N) is 1. The second-order valence-electron chi connectivity index (χ2n) is 7.45. The quantitative estimate of drug-likeness (QED) is 0.437. The molecule has 1 fully saturated rings. The van der Waals surface area contributed by atoms with Gasteiger partial charge in [-0.1, -0.05) is 26.7 Å². The van der Waals surface area contributed by atoms with Crippen LogP contribution in [0.4, 0.5) is 5.69 Å². The number of carbonyl (C=O) groups is 3. The second kappa shape index (κ2) is 9.49. The van der Waals surface area contributed by atoms with E-state index in [2.05, 4.69) is 23.9 Å². The number of nitrogens with zero attached hydrogens (tertiary/aromatic N) is 1. The van der Waals surface area contributed by atoms with Gasteiger partial charge in [-0.15, -0.1) is 0 Å². The van der Waals surface area contributed by atoms with Crippen LogP contribution >= 0.6 is 0 Å². The van der Waals surface area contributed by atoms with Crippen molar-refractivity contribution in [2.24, 2.45) is 11.8 Å². The van der Waals surface area contributed by atoms with E-state index in [1.54, 1.807) is 0 Å². The van der Waals surface area contributed by atoms with Crippen molar-refractivity contribution in [2.75, 3.05) is 7.11 Å². The number of carbonyl (C=O) groups excluding carboxylic acids is 3. The standard InChI is InChI=1S/C20H26N2O7/c1-11-6-5-7-17(12(11)2)21-18(23)13(3)29-20(25)15-8-14(19(24)28-4)9-16(10-15)22(26)27/h8-13,17H,5-7H2,1-4H3,(H,21,23)/t11-,12+,13-,17+/m1/s1. The number of non-ortho nitro benzene ring substituents is 1. The van der Waals surface area contributed by atoms with E-state index < -0.39 is 34.6 Å². The summed E-state index contributed by atoms with van der Waals surface area (Å²) >= 11 is 0. The van der Waals surface area contributed by atoms with Crippen molar-refractivity contribution in [3.8, 4) is 0 Å². The summed E-state index contributed by atoms with van der Waals surface area (Å²) in [6.07, 6.45) is 1.92. The third-order valence-corrected chi connectivity index (χ3v) is 5.47. The molecule has 1 saturated carbocycles. The van der Waals surface area contributed by atoms with E-state index in [0.29, 0.717) is 11.8 Å². The fourth-order valence-corrected chi connectivity index (χ4v) is 3.44. The third kappa shape index (κ3) is 5.52. The number of ether oxygens (including phenoxy) is 2. The van der Waals surface area contributed by atoms with E-state index in [-0.39, 0.29) is 17.2 Å². The van der Waals surface area contributed by atoms with Crippen molar-refractivity contribution in [1.29, 1.82) is 0 Å². The first-order valence-corrected chi connectivity index (χ1v) is 9.53. The first-order valence-electron chi connectivity index (χ1n) is 9.53. The normalized spacial score (nSPS) is 22.3. The molecule has 4 atom stereocenters. The van der Waals surface area contributed by atoms with Gasteiger partial charge in [0.2, 0.25) is 0 Å². The van der Waals surface area contributed by atoms with E-state index in [9.17, 15) is 24.5 Å². The molecule has 158 valence electrons. The van der Waals surface area contributed by atoms with Gasteiger partial charge in [-0.25, -0.2) is 9.59 Å². The Hall–Kier alpha value is -2.97. The molecule has 1 aliphatic carbocycles. The summed E-state index contributed by atoms with van der Waals surface area (Å²) < 4.78 is 9.73. The lowest BCUT2D eigenvalue weighted by Gasteiger charge is -2.35. The van der Waals surface area contributed by atoms with Crippen molar-refractivity contribution >= 4 is 23.5 Å². The molecule has 0 bridgehead atoms. The number of hydrogen-bond donors (Lipinski definition) is 1. The maximum Gasteiger partial charge on any atom is 0.339 e. The molecule has 1 aromatic carbocycles. The Morgan fingerprint density at radius 1 is 1.14 bits per heavy atom. The summed E-state index contributed by atoms with van der Waals surface area (Å²) in [5.41, 5.74) is -0.823. The zero-order valence-corrected chi connectivity index (χ0v) is 17.0. The molecule has 0 spiro atoms. The Bertz CT molecular complexity index is 808. The van der Waals surface area contributed by atoms with Crippen molar-refractivity contribution in [3.05, 3.63) is 39.4 Å². The zero-order valence-electron chi connectivity index (χ0n) is 17.0. The molecule has 0 saturated heterocycles. The van der Waals surface area contributed by atoms with Crippen LogP contribution in [0.1, 0.15) is 60.7 Å². The highest BCUT2D eigenvalue weighted by atomic mass is 16.6. The van der Waals surface area contributed by atoms with E-state index in [1.807, 2.05) is 0 Å². The number of amides is 1. The predicted molar refractivity (Wildman–Crippen MR) is 103 cm³/mol. The minimum absolute atomic E-state index is 0.0103. The van der Waals surface area contributed by atoms with Gasteiger partial charge in [0.05, 0.1) is 23.2 Å². The third-order valence-electron chi connectivity index (χ3n) is 5.47. The zero-order chi connectivity index (χ0) is 21.7. The van der Waals surface area contributed by atoms with Gasteiger partial charge >= 0.3 is 11.9 Å². The summed E-state index contributed by atoms with van der Waals surface area (Å²) in [5, 5.41) is 14.0. The van der Waals surface area contributed by atoms with Crippen LogP contribution in [-0.4, -0.2) is 42.0 Å². The fourth-order valence-electron chi connectivity index (χ4n) is 3.44. The summed E-state index contributed by atoms with van der Waals surface area (Å²) in [5.74, 6) is -1.38. The molecule has 0 aliphatic heterocycles. The fraction of sp³-hybridized carbons (Fsp3) is 0.550. The molecule has 9 heteroatoms. The number of rotatable bonds is 6. The minimum atomic E-state index is -1.09. The summed E-state index contributed by atoms with van der Waals surface area (Å²) in [6, 6.07) is 3.14. The number of benzene rings is 1. The molecule has 1 amide bonds. The monoisotopic (exact) mass is 406 g/mol. The number of nitro groups is 1. The molecule has 1 aliphatic rings. The molecular formula is C20H26N2O7. The van der Waals surface area contributed by atoms with Crippen LogP contribution in [0.25, 0.3) is 0 Å². The molecule has 2 rings (SSSR count). The van der Waals surface area contributed by atoms with E-state index in [1.165, 1.54) is 6.92 Å². The topological polar surface area (TPSA) is 125 Å². The molecule has 29 heavy (non-hydrogen) atoms. The molecule has 0 heterocycles. The summed E-state index contributed by atoms with van der Waals surface area (Å²) in [6.45, 7) is 5.67. The van der Waals surface area contributed by atoms with Gasteiger partial charge in [-0.3, -0.25) is 14.9 Å². The number of esters is 2. The SMILES string of the molecule is COC(=O)c1cc(C(=O)O[C@H](C)C(=O)N[C@H]2CCC[C@@H](C)[C@@H]2C)cc([N+](=O)[O-])c1. The van der Waals surface area contributed by atoms with Crippen molar-refractivity contribution in [2.45, 2.75) is 52.2 Å². The lowest BCUT2D eigenvalue weighted by Crippen LogP contribution is -2.47. The maximum absolute atomic E-state index is 12.5. The highest BCUT2D eigenvalue weighted by Gasteiger charge is 2.30. The number of methoxy groups -OCH3 is 1. The molecule has 0 aromatic heterocycles. The second-order valence-corrected chi connectivity index (χ2v) is 7.45. The average Bonchev–Trinajstić information content (AvgIpc) is 2.70. The molecule has 0 radical (unpaired) electrons. The first-order chi connectivity index (χ1) is 13.6. The van der Waals surface area contributed by atoms with Crippen molar-refractivity contribution in [3.63, 3.8) is 0 Å². The van der Waals surface area contributed by atoms with Crippen LogP contribution in [0.2, 0.25) is 0 Å². The van der Waals surface area contributed by atoms with E-state index in [0.717, 1.165) is 44.6 Å². The number of nitro benzene ring substituents is 1. The van der Waals surface area contributed by atoms with Crippen LogP contribution in [-0.2, 0) is 14.3 Å². The van der Waals surface area contributed by atoms with Crippen LogP contribution < -0.4 is 5.32 Å². The Balaban J connectivity index is 2.10. The largest absolute Gasteiger partial charge is 0.465 e. The Morgan fingerprint density at radius 3 is 2.34 bits per heavy atom. The average molecular weight is 406 g/mol.